The van der Waals surface area contributed by atoms with Gasteiger partial charge in [-0.1, -0.05) is 0 Å². The van der Waals surface area contributed by atoms with Gasteiger partial charge in [-0.2, -0.15) is 11.3 Å². The van der Waals surface area contributed by atoms with Crippen molar-refractivity contribution in [1.29, 1.82) is 0 Å². The van der Waals surface area contributed by atoms with Crippen molar-refractivity contribution in [3.05, 3.63) is 22.4 Å². The Kier molecular flexibility index (Phi) is 5.33. The van der Waals surface area contributed by atoms with Crippen molar-refractivity contribution in [2.75, 3.05) is 26.4 Å². The van der Waals surface area contributed by atoms with Gasteiger partial charge in [0, 0.05) is 32.4 Å². The van der Waals surface area contributed by atoms with E-state index < -0.39 is 0 Å². The van der Waals surface area contributed by atoms with Crippen molar-refractivity contribution >= 4 is 17.4 Å². The molecule has 6 heteroatoms. The Morgan fingerprint density at radius 2 is 2.23 bits per heavy atom. The van der Waals surface area contributed by atoms with Gasteiger partial charge < -0.3 is 20.1 Å². The Labute approximate surface area is 135 Å². The fourth-order valence-corrected chi connectivity index (χ4v) is 3.94. The second kappa shape index (κ2) is 7.44. The number of amides is 2. The van der Waals surface area contributed by atoms with Crippen LogP contribution in [0.1, 0.15) is 31.2 Å². The molecule has 0 saturated carbocycles. The van der Waals surface area contributed by atoms with Crippen LogP contribution in [0.4, 0.5) is 4.79 Å². The molecule has 0 unspecified atom stereocenters. The zero-order chi connectivity index (χ0) is 15.3. The molecule has 1 spiro atoms. The molecule has 2 aliphatic heterocycles. The van der Waals surface area contributed by atoms with E-state index in [9.17, 15) is 4.79 Å². The van der Waals surface area contributed by atoms with Crippen LogP contribution in [0.5, 0.6) is 0 Å². The number of nitrogens with one attached hydrogen (secondary N) is 2. The number of thiophene rings is 1. The molecule has 2 fully saturated rings. The molecule has 2 saturated heterocycles. The molecular formula is C16H24N2O3S. The SMILES string of the molecule is O=C(NCCc1ccsc1)N[C@H]1CCOC2(CCOCC2)C1. The summed E-state index contributed by atoms with van der Waals surface area (Å²) >= 11 is 1.69. The van der Waals surface area contributed by atoms with Crippen molar-refractivity contribution < 1.29 is 14.3 Å². The predicted molar refractivity (Wildman–Crippen MR) is 86.3 cm³/mol. The zero-order valence-corrected chi connectivity index (χ0v) is 13.6. The Balaban J connectivity index is 1.40. The van der Waals surface area contributed by atoms with Crippen molar-refractivity contribution in [2.24, 2.45) is 0 Å². The summed E-state index contributed by atoms with van der Waals surface area (Å²) in [5.74, 6) is 0. The molecule has 0 aromatic carbocycles. The summed E-state index contributed by atoms with van der Waals surface area (Å²) in [4.78, 5) is 12.0. The minimum absolute atomic E-state index is 0.0654. The maximum atomic E-state index is 12.0. The van der Waals surface area contributed by atoms with Gasteiger partial charge in [0.1, 0.15) is 0 Å². The third-order valence-electron chi connectivity index (χ3n) is 4.51. The van der Waals surface area contributed by atoms with E-state index >= 15 is 0 Å². The van der Waals surface area contributed by atoms with Crippen molar-refractivity contribution in [3.8, 4) is 0 Å². The van der Waals surface area contributed by atoms with Gasteiger partial charge in [-0.05, 0) is 54.5 Å². The predicted octanol–water partition coefficient (Wildman–Crippen LogP) is 2.32. The number of carbonyl (C=O) groups excluding carboxylic acids is 1. The highest BCUT2D eigenvalue weighted by molar-refractivity contribution is 7.07. The fourth-order valence-electron chi connectivity index (χ4n) is 3.23. The molecule has 122 valence electrons. The first-order valence-corrected chi connectivity index (χ1v) is 8.97. The van der Waals surface area contributed by atoms with Crippen molar-refractivity contribution in [3.63, 3.8) is 0 Å². The first-order chi connectivity index (χ1) is 10.8. The number of urea groups is 1. The largest absolute Gasteiger partial charge is 0.381 e. The summed E-state index contributed by atoms with van der Waals surface area (Å²) in [6.45, 7) is 2.92. The lowest BCUT2D eigenvalue weighted by Gasteiger charge is -2.43. The van der Waals surface area contributed by atoms with E-state index in [2.05, 4.69) is 27.5 Å². The fraction of sp³-hybridized carbons (Fsp3) is 0.688. The highest BCUT2D eigenvalue weighted by Gasteiger charge is 2.39. The quantitative estimate of drug-likeness (QED) is 0.893. The minimum Gasteiger partial charge on any atom is -0.381 e. The molecule has 3 rings (SSSR count). The third-order valence-corrected chi connectivity index (χ3v) is 5.24. The van der Waals surface area contributed by atoms with E-state index in [1.165, 1.54) is 5.56 Å². The maximum absolute atomic E-state index is 12.0. The molecule has 22 heavy (non-hydrogen) atoms. The summed E-state index contributed by atoms with van der Waals surface area (Å²) < 4.78 is 11.4. The Morgan fingerprint density at radius 3 is 3.00 bits per heavy atom. The number of carbonyl (C=O) groups is 1. The van der Waals surface area contributed by atoms with E-state index in [0.717, 1.165) is 51.9 Å². The van der Waals surface area contributed by atoms with Gasteiger partial charge in [0.25, 0.3) is 0 Å². The summed E-state index contributed by atoms with van der Waals surface area (Å²) in [5.41, 5.74) is 1.20. The monoisotopic (exact) mass is 324 g/mol. The smallest absolute Gasteiger partial charge is 0.315 e. The standard InChI is InChI=1S/C16H24N2O3S/c19-15(17-6-1-13-3-10-22-12-13)18-14-2-7-21-16(11-14)4-8-20-9-5-16/h3,10,12,14H,1-2,4-9,11H2,(H2,17,18,19)/t14-/m0/s1. The molecule has 2 amide bonds. The molecule has 2 aliphatic rings. The Bertz CT molecular complexity index is 466. The summed E-state index contributed by atoms with van der Waals surface area (Å²) in [6, 6.07) is 2.23. The first-order valence-electron chi connectivity index (χ1n) is 8.03. The third kappa shape index (κ3) is 4.21. The van der Waals surface area contributed by atoms with Crippen LogP contribution in [0.15, 0.2) is 16.8 Å². The summed E-state index contributed by atoms with van der Waals surface area (Å²) in [7, 11) is 0. The average Bonchev–Trinajstić information content (AvgIpc) is 3.01. The molecule has 0 aliphatic carbocycles. The topological polar surface area (TPSA) is 59.6 Å². The lowest BCUT2D eigenvalue weighted by Crippen LogP contribution is -2.52. The van der Waals surface area contributed by atoms with E-state index in [-0.39, 0.29) is 17.7 Å². The number of rotatable bonds is 4. The first kappa shape index (κ1) is 15.8. The van der Waals surface area contributed by atoms with Crippen LogP contribution in [0.25, 0.3) is 0 Å². The number of ether oxygens (including phenoxy) is 2. The van der Waals surface area contributed by atoms with Crippen LogP contribution in [-0.4, -0.2) is 44.0 Å². The van der Waals surface area contributed by atoms with E-state index in [0.29, 0.717) is 6.54 Å². The minimum atomic E-state index is -0.0783. The van der Waals surface area contributed by atoms with E-state index in [1.807, 2.05) is 0 Å². The molecule has 1 aromatic rings. The summed E-state index contributed by atoms with van der Waals surface area (Å²) in [5, 5.41) is 10.2. The normalized spacial score (nSPS) is 24.1. The van der Waals surface area contributed by atoms with Gasteiger partial charge in [-0.25, -0.2) is 4.79 Å². The molecule has 0 radical (unpaired) electrons. The maximum Gasteiger partial charge on any atom is 0.315 e. The molecule has 5 nitrogen and oxygen atoms in total. The van der Waals surface area contributed by atoms with Gasteiger partial charge >= 0.3 is 6.03 Å². The molecule has 1 atom stereocenters. The van der Waals surface area contributed by atoms with Gasteiger partial charge in [-0.3, -0.25) is 0 Å². The highest BCUT2D eigenvalue weighted by Crippen LogP contribution is 2.34. The van der Waals surface area contributed by atoms with E-state index in [4.69, 9.17) is 9.47 Å². The molecule has 2 N–H and O–H groups in total. The van der Waals surface area contributed by atoms with Crippen molar-refractivity contribution in [2.45, 2.75) is 43.7 Å². The summed E-state index contributed by atoms with van der Waals surface area (Å²) in [6.07, 6.45) is 4.54. The molecule has 1 aromatic heterocycles. The zero-order valence-electron chi connectivity index (χ0n) is 12.8. The lowest BCUT2D eigenvalue weighted by molar-refractivity contribution is -0.139. The second-order valence-corrected chi connectivity index (χ2v) is 6.90. The molecular weight excluding hydrogens is 300 g/mol. The highest BCUT2D eigenvalue weighted by atomic mass is 32.1. The van der Waals surface area contributed by atoms with Gasteiger partial charge in [0.15, 0.2) is 0 Å². The number of hydrogen-bond acceptors (Lipinski definition) is 4. The van der Waals surface area contributed by atoms with Crippen LogP contribution < -0.4 is 10.6 Å². The molecule has 0 bridgehead atoms. The average molecular weight is 324 g/mol. The van der Waals surface area contributed by atoms with Gasteiger partial charge in [0.2, 0.25) is 0 Å². The van der Waals surface area contributed by atoms with Crippen LogP contribution >= 0.6 is 11.3 Å². The van der Waals surface area contributed by atoms with Crippen LogP contribution in [0.3, 0.4) is 0 Å². The van der Waals surface area contributed by atoms with E-state index in [1.54, 1.807) is 11.3 Å². The Hall–Kier alpha value is -1.11. The van der Waals surface area contributed by atoms with Gasteiger partial charge in [0.05, 0.1) is 5.60 Å². The molecule has 3 heterocycles. The lowest BCUT2D eigenvalue weighted by atomic mass is 9.84. The van der Waals surface area contributed by atoms with Gasteiger partial charge in [-0.15, -0.1) is 0 Å². The van der Waals surface area contributed by atoms with Crippen LogP contribution in [-0.2, 0) is 15.9 Å². The van der Waals surface area contributed by atoms with Crippen LogP contribution in [0, 0.1) is 0 Å². The second-order valence-electron chi connectivity index (χ2n) is 6.12. The number of hydrogen-bond donors (Lipinski definition) is 2. The Morgan fingerprint density at radius 1 is 1.36 bits per heavy atom. The van der Waals surface area contributed by atoms with Crippen molar-refractivity contribution in [1.82, 2.24) is 10.6 Å². The van der Waals surface area contributed by atoms with Crippen LogP contribution in [0.2, 0.25) is 0 Å².